The average molecular weight is 324 g/mol. The van der Waals surface area contributed by atoms with E-state index in [0.717, 1.165) is 5.56 Å². The molecule has 3 rings (SSSR count). The Morgan fingerprint density at radius 2 is 2.12 bits per heavy atom. The van der Waals surface area contributed by atoms with Crippen LogP contribution in [0.5, 0.6) is 5.75 Å². The molecule has 7 heteroatoms. The molecule has 2 aromatic heterocycles. The largest absolute Gasteiger partial charge is 0.508 e. The lowest BCUT2D eigenvalue weighted by atomic mass is 10.3. The van der Waals surface area contributed by atoms with E-state index >= 15 is 0 Å². The molecule has 0 atom stereocenters. The topological polar surface area (TPSA) is 88.5 Å². The first-order chi connectivity index (χ1) is 11.6. The maximum Gasteiger partial charge on any atom is 0.311 e. The number of nitrogens with zero attached hydrogens (tertiary/aromatic N) is 4. The van der Waals surface area contributed by atoms with E-state index in [1.807, 2.05) is 25.3 Å². The molecule has 0 bridgehead atoms. The fourth-order valence-electron chi connectivity index (χ4n) is 2.33. The van der Waals surface area contributed by atoms with Crippen molar-refractivity contribution in [2.75, 3.05) is 7.11 Å². The van der Waals surface area contributed by atoms with Gasteiger partial charge in [-0.3, -0.25) is 9.20 Å². The Hall–Kier alpha value is -3.22. The number of phenols is 1. The van der Waals surface area contributed by atoms with Crippen molar-refractivity contribution in [3.05, 3.63) is 53.9 Å². The number of benzene rings is 1. The van der Waals surface area contributed by atoms with Crippen molar-refractivity contribution in [1.82, 2.24) is 9.38 Å². The lowest BCUT2D eigenvalue weighted by Crippen LogP contribution is -2.04. The van der Waals surface area contributed by atoms with Crippen LogP contribution in [-0.2, 0) is 16.0 Å². The monoisotopic (exact) mass is 324 g/mol. The molecule has 0 amide bonds. The van der Waals surface area contributed by atoms with E-state index < -0.39 is 5.97 Å². The number of carbonyl (C=O) groups excluding carboxylic acids is 1. The predicted octanol–water partition coefficient (Wildman–Crippen LogP) is 3.48. The number of aryl methyl sites for hydroxylation is 1. The number of hydrogen-bond acceptors (Lipinski definition) is 6. The van der Waals surface area contributed by atoms with Gasteiger partial charge in [-0.2, -0.15) is 0 Å². The third-order valence-electron chi connectivity index (χ3n) is 3.52. The molecule has 0 fully saturated rings. The van der Waals surface area contributed by atoms with Gasteiger partial charge in [0, 0.05) is 12.3 Å². The number of fused-ring (bicyclic) bond motifs is 1. The number of ether oxygens (including phenoxy) is 1. The van der Waals surface area contributed by atoms with Crippen molar-refractivity contribution in [2.24, 2.45) is 10.2 Å². The minimum Gasteiger partial charge on any atom is -0.508 e. The second-order valence-electron chi connectivity index (χ2n) is 5.24. The van der Waals surface area contributed by atoms with Crippen LogP contribution in [0.2, 0.25) is 0 Å². The first-order valence-corrected chi connectivity index (χ1v) is 7.32. The van der Waals surface area contributed by atoms with Gasteiger partial charge in [0.2, 0.25) is 0 Å². The Labute approximate surface area is 138 Å². The van der Waals surface area contributed by atoms with Crippen molar-refractivity contribution < 1.29 is 14.6 Å². The number of azo groups is 1. The number of rotatable bonds is 4. The molecule has 0 radical (unpaired) electrons. The van der Waals surface area contributed by atoms with Gasteiger partial charge in [-0.05, 0) is 30.7 Å². The molecular formula is C17H16N4O3. The molecule has 0 spiro atoms. The smallest absolute Gasteiger partial charge is 0.311 e. The van der Waals surface area contributed by atoms with Crippen molar-refractivity contribution in [3.8, 4) is 5.75 Å². The zero-order valence-electron chi connectivity index (χ0n) is 13.3. The second kappa shape index (κ2) is 6.49. The van der Waals surface area contributed by atoms with E-state index in [-0.39, 0.29) is 12.2 Å². The van der Waals surface area contributed by atoms with Crippen LogP contribution in [0, 0.1) is 6.92 Å². The molecule has 0 aliphatic rings. The molecule has 2 heterocycles. The molecule has 0 aliphatic heterocycles. The first kappa shape index (κ1) is 15.7. The number of imidazole rings is 1. The SMILES string of the molecule is COC(=O)Cc1nc2c(C)cccn2c1N=Nc1cccc(O)c1. The Morgan fingerprint density at radius 1 is 1.29 bits per heavy atom. The van der Waals surface area contributed by atoms with E-state index in [0.29, 0.717) is 22.8 Å². The summed E-state index contributed by atoms with van der Waals surface area (Å²) in [5.41, 5.74) is 2.66. The molecule has 0 saturated carbocycles. The molecular weight excluding hydrogens is 308 g/mol. The Morgan fingerprint density at radius 3 is 2.88 bits per heavy atom. The van der Waals surface area contributed by atoms with Crippen LogP contribution < -0.4 is 0 Å². The molecule has 0 unspecified atom stereocenters. The molecule has 7 nitrogen and oxygen atoms in total. The highest BCUT2D eigenvalue weighted by molar-refractivity contribution is 5.74. The van der Waals surface area contributed by atoms with E-state index in [2.05, 4.69) is 15.2 Å². The maximum absolute atomic E-state index is 11.6. The van der Waals surface area contributed by atoms with Crippen LogP contribution in [0.1, 0.15) is 11.3 Å². The summed E-state index contributed by atoms with van der Waals surface area (Å²) in [5, 5.41) is 17.9. The summed E-state index contributed by atoms with van der Waals surface area (Å²) in [6.07, 6.45) is 1.82. The third kappa shape index (κ3) is 3.10. The fourth-order valence-corrected chi connectivity index (χ4v) is 2.33. The van der Waals surface area contributed by atoms with Gasteiger partial charge in [0.05, 0.1) is 24.9 Å². The van der Waals surface area contributed by atoms with Crippen molar-refractivity contribution in [1.29, 1.82) is 0 Å². The van der Waals surface area contributed by atoms with Gasteiger partial charge in [-0.25, -0.2) is 4.98 Å². The zero-order chi connectivity index (χ0) is 17.1. The summed E-state index contributed by atoms with van der Waals surface area (Å²) in [6, 6.07) is 10.3. The molecule has 1 aromatic carbocycles. The van der Waals surface area contributed by atoms with Crippen LogP contribution in [-0.4, -0.2) is 27.6 Å². The number of carbonyl (C=O) groups is 1. The minimum absolute atomic E-state index is 0.00597. The highest BCUT2D eigenvalue weighted by Crippen LogP contribution is 2.27. The molecule has 0 aliphatic carbocycles. The van der Waals surface area contributed by atoms with Crippen molar-refractivity contribution in [3.63, 3.8) is 0 Å². The summed E-state index contributed by atoms with van der Waals surface area (Å²) in [5.74, 6) is 0.169. The number of phenolic OH excluding ortho intramolecular Hbond substituents is 1. The number of aromatic nitrogens is 2. The second-order valence-corrected chi connectivity index (χ2v) is 5.24. The number of pyridine rings is 1. The normalized spacial score (nSPS) is 11.2. The first-order valence-electron chi connectivity index (χ1n) is 7.32. The third-order valence-corrected chi connectivity index (χ3v) is 3.52. The highest BCUT2D eigenvalue weighted by atomic mass is 16.5. The van der Waals surface area contributed by atoms with Crippen LogP contribution in [0.25, 0.3) is 5.65 Å². The Kier molecular flexibility index (Phi) is 4.24. The zero-order valence-corrected chi connectivity index (χ0v) is 13.3. The van der Waals surface area contributed by atoms with Crippen LogP contribution in [0.4, 0.5) is 11.5 Å². The van der Waals surface area contributed by atoms with Gasteiger partial charge < -0.3 is 9.84 Å². The van der Waals surface area contributed by atoms with Crippen LogP contribution >= 0.6 is 0 Å². The van der Waals surface area contributed by atoms with Gasteiger partial charge in [0.1, 0.15) is 11.4 Å². The van der Waals surface area contributed by atoms with Gasteiger partial charge in [0.25, 0.3) is 0 Å². The standard InChI is InChI=1S/C17H16N4O3/c1-11-5-4-8-21-16(11)18-14(10-15(23)24-2)17(21)20-19-12-6-3-7-13(22)9-12/h3-9,22H,10H2,1-2H3. The van der Waals surface area contributed by atoms with E-state index in [9.17, 15) is 9.90 Å². The quantitative estimate of drug-likeness (QED) is 0.588. The number of hydrogen-bond donors (Lipinski definition) is 1. The van der Waals surface area contributed by atoms with Crippen molar-refractivity contribution in [2.45, 2.75) is 13.3 Å². The molecule has 0 saturated heterocycles. The van der Waals surface area contributed by atoms with E-state index in [1.165, 1.54) is 13.2 Å². The van der Waals surface area contributed by atoms with Crippen LogP contribution in [0.3, 0.4) is 0 Å². The maximum atomic E-state index is 11.6. The number of aromatic hydroxyl groups is 1. The highest BCUT2D eigenvalue weighted by Gasteiger charge is 2.16. The van der Waals surface area contributed by atoms with E-state index in [1.54, 1.807) is 22.6 Å². The summed E-state index contributed by atoms with van der Waals surface area (Å²) >= 11 is 0. The molecule has 24 heavy (non-hydrogen) atoms. The lowest BCUT2D eigenvalue weighted by molar-refractivity contribution is -0.139. The van der Waals surface area contributed by atoms with Gasteiger partial charge in [-0.15, -0.1) is 10.2 Å². The Balaban J connectivity index is 2.08. The average Bonchev–Trinajstić information content (AvgIpc) is 2.91. The van der Waals surface area contributed by atoms with Crippen LogP contribution in [0.15, 0.2) is 52.8 Å². The molecule has 1 N–H and O–H groups in total. The van der Waals surface area contributed by atoms with Gasteiger partial charge in [0.15, 0.2) is 5.82 Å². The predicted molar refractivity (Wildman–Crippen MR) is 87.9 cm³/mol. The van der Waals surface area contributed by atoms with E-state index in [4.69, 9.17) is 4.74 Å². The summed E-state index contributed by atoms with van der Waals surface area (Å²) < 4.78 is 6.50. The fraction of sp³-hybridized carbons (Fsp3) is 0.176. The number of esters is 1. The van der Waals surface area contributed by atoms with Gasteiger partial charge in [-0.1, -0.05) is 12.1 Å². The molecule has 122 valence electrons. The Bertz CT molecular complexity index is 931. The van der Waals surface area contributed by atoms with Crippen molar-refractivity contribution >= 4 is 23.1 Å². The molecule has 3 aromatic rings. The van der Waals surface area contributed by atoms with Gasteiger partial charge >= 0.3 is 5.97 Å². The minimum atomic E-state index is -0.398. The lowest BCUT2D eigenvalue weighted by Gasteiger charge is -2.00. The summed E-state index contributed by atoms with van der Waals surface area (Å²) in [6.45, 7) is 1.93. The number of methoxy groups -OCH3 is 1. The summed E-state index contributed by atoms with van der Waals surface area (Å²) in [7, 11) is 1.33. The summed E-state index contributed by atoms with van der Waals surface area (Å²) in [4.78, 5) is 16.1.